The molecule has 0 fully saturated rings. The smallest absolute Gasteiger partial charge is 0.144 e. The second-order valence-corrected chi connectivity index (χ2v) is 6.39. The summed E-state index contributed by atoms with van der Waals surface area (Å²) in [6, 6.07) is 6.27. The molecule has 4 heteroatoms. The van der Waals surface area contributed by atoms with Crippen LogP contribution in [0.25, 0.3) is 10.9 Å². The van der Waals surface area contributed by atoms with E-state index in [0.29, 0.717) is 0 Å². The highest BCUT2D eigenvalue weighted by atomic mass is 79.9. The van der Waals surface area contributed by atoms with E-state index in [1.54, 1.807) is 0 Å². The molecule has 0 saturated carbocycles. The lowest BCUT2D eigenvalue weighted by Crippen LogP contribution is -2.19. The standard InChI is InChI=1S/C14H18BrN3/c1-8-5-6-11(15)9-7-10(14(2,3)4)13(18-16)17-12(8)9/h5-7H,16H2,1-4H3,(H,17,18). The first-order chi connectivity index (χ1) is 8.34. The fraction of sp³-hybridized carbons (Fsp3) is 0.357. The second-order valence-electron chi connectivity index (χ2n) is 5.54. The predicted molar refractivity (Wildman–Crippen MR) is 80.7 cm³/mol. The van der Waals surface area contributed by atoms with Gasteiger partial charge in [0.1, 0.15) is 5.82 Å². The average Bonchev–Trinajstić information content (AvgIpc) is 2.31. The summed E-state index contributed by atoms with van der Waals surface area (Å²) in [4.78, 5) is 4.65. The number of pyridine rings is 1. The Hall–Kier alpha value is -1.13. The molecule has 2 rings (SSSR count). The van der Waals surface area contributed by atoms with E-state index in [4.69, 9.17) is 5.84 Å². The lowest BCUT2D eigenvalue weighted by atomic mass is 9.86. The van der Waals surface area contributed by atoms with Crippen LogP contribution in [0.5, 0.6) is 0 Å². The number of fused-ring (bicyclic) bond motifs is 1. The molecule has 0 bridgehead atoms. The molecular formula is C14H18BrN3. The van der Waals surface area contributed by atoms with Crippen LogP contribution in [0.4, 0.5) is 5.82 Å². The minimum Gasteiger partial charge on any atom is -0.308 e. The Kier molecular flexibility index (Phi) is 3.34. The van der Waals surface area contributed by atoms with Crippen molar-refractivity contribution in [2.24, 2.45) is 5.84 Å². The summed E-state index contributed by atoms with van der Waals surface area (Å²) in [5.41, 5.74) is 5.94. The van der Waals surface area contributed by atoms with Crippen molar-refractivity contribution >= 4 is 32.7 Å². The van der Waals surface area contributed by atoms with E-state index in [1.807, 2.05) is 0 Å². The van der Waals surface area contributed by atoms with Crippen LogP contribution in [-0.4, -0.2) is 4.98 Å². The number of benzene rings is 1. The zero-order valence-corrected chi connectivity index (χ0v) is 12.7. The molecule has 0 aliphatic carbocycles. The number of aromatic nitrogens is 1. The van der Waals surface area contributed by atoms with E-state index in [-0.39, 0.29) is 5.41 Å². The number of halogens is 1. The highest BCUT2D eigenvalue weighted by Gasteiger charge is 2.20. The van der Waals surface area contributed by atoms with Crippen LogP contribution in [0.1, 0.15) is 31.9 Å². The molecule has 3 nitrogen and oxygen atoms in total. The van der Waals surface area contributed by atoms with Crippen LogP contribution in [-0.2, 0) is 5.41 Å². The fourth-order valence-electron chi connectivity index (χ4n) is 2.04. The van der Waals surface area contributed by atoms with Gasteiger partial charge in [0.2, 0.25) is 0 Å². The van der Waals surface area contributed by atoms with Gasteiger partial charge in [-0.25, -0.2) is 10.8 Å². The van der Waals surface area contributed by atoms with Crippen molar-refractivity contribution in [3.05, 3.63) is 33.8 Å². The molecule has 0 spiro atoms. The van der Waals surface area contributed by atoms with Crippen LogP contribution in [0.2, 0.25) is 0 Å². The van der Waals surface area contributed by atoms with Crippen molar-refractivity contribution in [3.8, 4) is 0 Å². The molecule has 0 unspecified atom stereocenters. The summed E-state index contributed by atoms with van der Waals surface area (Å²) >= 11 is 3.59. The predicted octanol–water partition coefficient (Wildman–Crippen LogP) is 3.89. The number of aryl methyl sites for hydroxylation is 1. The van der Waals surface area contributed by atoms with Crippen molar-refractivity contribution < 1.29 is 0 Å². The molecule has 0 amide bonds. The van der Waals surface area contributed by atoms with Crippen molar-refractivity contribution in [1.82, 2.24) is 4.98 Å². The van der Waals surface area contributed by atoms with Gasteiger partial charge < -0.3 is 5.43 Å². The maximum absolute atomic E-state index is 5.60. The van der Waals surface area contributed by atoms with Crippen molar-refractivity contribution in [2.75, 3.05) is 5.43 Å². The van der Waals surface area contributed by atoms with Crippen LogP contribution >= 0.6 is 15.9 Å². The Morgan fingerprint density at radius 2 is 1.94 bits per heavy atom. The van der Waals surface area contributed by atoms with Gasteiger partial charge in [-0.3, -0.25) is 0 Å². The summed E-state index contributed by atoms with van der Waals surface area (Å²) in [7, 11) is 0. The molecule has 3 N–H and O–H groups in total. The zero-order chi connectivity index (χ0) is 13.5. The number of nitrogens with zero attached hydrogens (tertiary/aromatic N) is 1. The summed E-state index contributed by atoms with van der Waals surface area (Å²) < 4.78 is 1.06. The first-order valence-electron chi connectivity index (χ1n) is 5.91. The normalized spacial score (nSPS) is 11.9. The fourth-order valence-corrected chi connectivity index (χ4v) is 2.48. The van der Waals surface area contributed by atoms with Crippen LogP contribution in [0.3, 0.4) is 0 Å². The molecule has 1 aromatic heterocycles. The maximum Gasteiger partial charge on any atom is 0.144 e. The largest absolute Gasteiger partial charge is 0.308 e. The van der Waals surface area contributed by atoms with Crippen LogP contribution in [0.15, 0.2) is 22.7 Å². The van der Waals surface area contributed by atoms with E-state index in [0.717, 1.165) is 32.3 Å². The highest BCUT2D eigenvalue weighted by molar-refractivity contribution is 9.10. The highest BCUT2D eigenvalue weighted by Crippen LogP contribution is 2.34. The zero-order valence-electron chi connectivity index (χ0n) is 11.1. The molecular weight excluding hydrogens is 290 g/mol. The molecule has 0 saturated heterocycles. The van der Waals surface area contributed by atoms with E-state index < -0.39 is 0 Å². The quantitative estimate of drug-likeness (QED) is 0.621. The Labute approximate surface area is 116 Å². The van der Waals surface area contributed by atoms with E-state index in [2.05, 4.69) is 72.2 Å². The molecule has 0 radical (unpaired) electrons. The molecule has 1 aromatic carbocycles. The second kappa shape index (κ2) is 4.52. The van der Waals surface area contributed by atoms with Gasteiger partial charge in [0.05, 0.1) is 5.52 Å². The van der Waals surface area contributed by atoms with Gasteiger partial charge in [-0.1, -0.05) is 42.8 Å². The molecule has 96 valence electrons. The SMILES string of the molecule is Cc1ccc(Br)c2cc(C(C)(C)C)c(NN)nc12. The Morgan fingerprint density at radius 1 is 1.28 bits per heavy atom. The first-order valence-corrected chi connectivity index (χ1v) is 6.71. The van der Waals surface area contributed by atoms with Crippen molar-refractivity contribution in [3.63, 3.8) is 0 Å². The van der Waals surface area contributed by atoms with Crippen molar-refractivity contribution in [1.29, 1.82) is 0 Å². The van der Waals surface area contributed by atoms with Crippen LogP contribution < -0.4 is 11.3 Å². The summed E-state index contributed by atoms with van der Waals surface area (Å²) in [6.45, 7) is 8.51. The van der Waals surface area contributed by atoms with Gasteiger partial charge in [0.25, 0.3) is 0 Å². The van der Waals surface area contributed by atoms with Crippen molar-refractivity contribution in [2.45, 2.75) is 33.1 Å². The minimum atomic E-state index is -0.00786. The van der Waals surface area contributed by atoms with Gasteiger partial charge >= 0.3 is 0 Å². The average molecular weight is 308 g/mol. The topological polar surface area (TPSA) is 50.9 Å². The number of hydrogen-bond acceptors (Lipinski definition) is 3. The van der Waals surface area contributed by atoms with Gasteiger partial charge in [-0.15, -0.1) is 0 Å². The molecule has 0 aliphatic heterocycles. The molecule has 2 aromatic rings. The lowest BCUT2D eigenvalue weighted by molar-refractivity contribution is 0.590. The third-order valence-corrected chi connectivity index (χ3v) is 3.77. The summed E-state index contributed by atoms with van der Waals surface area (Å²) in [5.74, 6) is 6.35. The number of nitrogens with one attached hydrogen (secondary N) is 1. The minimum absolute atomic E-state index is 0.00786. The van der Waals surface area contributed by atoms with Gasteiger partial charge in [-0.05, 0) is 30.0 Å². The Morgan fingerprint density at radius 3 is 2.50 bits per heavy atom. The monoisotopic (exact) mass is 307 g/mol. The van der Waals surface area contributed by atoms with Gasteiger partial charge in [-0.2, -0.15) is 0 Å². The third-order valence-electron chi connectivity index (χ3n) is 3.08. The first kappa shape index (κ1) is 13.3. The lowest BCUT2D eigenvalue weighted by Gasteiger charge is -2.23. The molecule has 0 aliphatic rings. The molecule has 18 heavy (non-hydrogen) atoms. The Balaban J connectivity index is 2.86. The van der Waals surface area contributed by atoms with E-state index >= 15 is 0 Å². The van der Waals surface area contributed by atoms with E-state index in [1.165, 1.54) is 0 Å². The maximum atomic E-state index is 5.60. The Bertz CT molecular complexity index is 600. The summed E-state index contributed by atoms with van der Waals surface area (Å²) in [6.07, 6.45) is 0. The van der Waals surface area contributed by atoms with Gasteiger partial charge in [0.15, 0.2) is 0 Å². The third kappa shape index (κ3) is 2.22. The molecule has 0 atom stereocenters. The number of nitrogens with two attached hydrogens (primary N) is 1. The number of nitrogen functional groups attached to an aromatic ring is 1. The molecule has 1 heterocycles. The number of hydrazine groups is 1. The van der Waals surface area contributed by atoms with Gasteiger partial charge in [0, 0.05) is 15.4 Å². The van der Waals surface area contributed by atoms with E-state index in [9.17, 15) is 0 Å². The number of anilines is 1. The number of hydrogen-bond donors (Lipinski definition) is 2. The summed E-state index contributed by atoms with van der Waals surface area (Å²) in [5, 5.41) is 1.12. The number of rotatable bonds is 1. The van der Waals surface area contributed by atoms with Crippen LogP contribution in [0, 0.1) is 6.92 Å².